The van der Waals surface area contributed by atoms with E-state index < -0.39 is 22.6 Å². The summed E-state index contributed by atoms with van der Waals surface area (Å²) in [6.45, 7) is 0.847. The number of aliphatic hydroxyl groups is 2. The van der Waals surface area contributed by atoms with Crippen molar-refractivity contribution in [3.8, 4) is 0 Å². The molecule has 2 unspecified atom stereocenters. The van der Waals surface area contributed by atoms with Crippen LogP contribution in [0.25, 0.3) is 0 Å². The Morgan fingerprint density at radius 1 is 1.15 bits per heavy atom. The quantitative estimate of drug-likeness (QED) is 0.362. The molecule has 0 radical (unpaired) electrons. The predicted octanol–water partition coefficient (Wildman–Crippen LogP) is -1.52. The van der Waals surface area contributed by atoms with Gasteiger partial charge in [0.15, 0.2) is 0 Å². The summed E-state index contributed by atoms with van der Waals surface area (Å²) in [5.41, 5.74) is 0. The fourth-order valence-electron chi connectivity index (χ4n) is 0.712. The number of aliphatic hydroxyl groups excluding tert-OH is 2. The highest BCUT2D eigenvalue weighted by Crippen LogP contribution is 2.05. The zero-order valence-corrected chi connectivity index (χ0v) is 7.51. The molecule has 0 bridgehead atoms. The van der Waals surface area contributed by atoms with Crippen LogP contribution < -0.4 is 0 Å². The molecule has 1 rings (SSSR count). The van der Waals surface area contributed by atoms with E-state index in [1.165, 1.54) is 0 Å². The first-order chi connectivity index (χ1) is 5.80. The van der Waals surface area contributed by atoms with Gasteiger partial charge in [0.1, 0.15) is 6.10 Å². The minimum absolute atomic E-state index is 0.279. The van der Waals surface area contributed by atoms with Gasteiger partial charge in [-0.05, 0) is 6.42 Å². The smallest absolute Gasteiger partial charge is 0.390 e. The monoisotopic (exact) mass is 216 g/mol. The molecule has 13 heavy (non-hydrogen) atoms. The molecule has 0 amide bonds. The van der Waals surface area contributed by atoms with Gasteiger partial charge in [-0.3, -0.25) is 9.11 Å². The van der Waals surface area contributed by atoms with E-state index in [1.807, 2.05) is 0 Å². The van der Waals surface area contributed by atoms with Crippen molar-refractivity contribution < 1.29 is 32.5 Å². The van der Waals surface area contributed by atoms with Crippen molar-refractivity contribution in [3.05, 3.63) is 0 Å². The lowest BCUT2D eigenvalue weighted by Crippen LogP contribution is -2.36. The van der Waals surface area contributed by atoms with Gasteiger partial charge < -0.3 is 14.9 Å². The third-order valence-corrected chi connectivity index (χ3v) is 1.29. The minimum Gasteiger partial charge on any atom is -0.390 e. The molecule has 0 aliphatic carbocycles. The van der Waals surface area contributed by atoms with Crippen LogP contribution in [-0.4, -0.2) is 53.2 Å². The molecular formula is C5H12O7S. The molecule has 1 aliphatic rings. The van der Waals surface area contributed by atoms with E-state index in [0.29, 0.717) is 13.0 Å². The van der Waals surface area contributed by atoms with Crippen molar-refractivity contribution in [1.82, 2.24) is 0 Å². The molecule has 8 heteroatoms. The fourth-order valence-corrected chi connectivity index (χ4v) is 0.712. The summed E-state index contributed by atoms with van der Waals surface area (Å²) in [4.78, 5) is 0. The van der Waals surface area contributed by atoms with E-state index in [4.69, 9.17) is 32.5 Å². The highest BCUT2D eigenvalue weighted by atomic mass is 32.3. The van der Waals surface area contributed by atoms with Crippen LogP contribution in [0.2, 0.25) is 0 Å². The molecule has 80 valence electrons. The van der Waals surface area contributed by atoms with Crippen LogP contribution >= 0.6 is 0 Å². The van der Waals surface area contributed by atoms with E-state index in [1.54, 1.807) is 0 Å². The van der Waals surface area contributed by atoms with Gasteiger partial charge in [0.05, 0.1) is 12.7 Å². The van der Waals surface area contributed by atoms with Gasteiger partial charge in [0.2, 0.25) is 0 Å². The Morgan fingerprint density at radius 3 is 1.85 bits per heavy atom. The third-order valence-electron chi connectivity index (χ3n) is 1.29. The van der Waals surface area contributed by atoms with Crippen molar-refractivity contribution >= 4 is 10.4 Å². The second-order valence-corrected chi connectivity index (χ2v) is 3.34. The van der Waals surface area contributed by atoms with Crippen molar-refractivity contribution in [3.63, 3.8) is 0 Å². The molecule has 1 heterocycles. The van der Waals surface area contributed by atoms with Crippen LogP contribution in [0.4, 0.5) is 0 Å². The fraction of sp³-hybridized carbons (Fsp3) is 1.00. The number of rotatable bonds is 0. The number of ether oxygens (including phenoxy) is 1. The summed E-state index contributed by atoms with van der Waals surface area (Å²) in [5, 5.41) is 17.7. The predicted molar refractivity (Wildman–Crippen MR) is 41.6 cm³/mol. The summed E-state index contributed by atoms with van der Waals surface area (Å²) in [6, 6.07) is 0. The van der Waals surface area contributed by atoms with E-state index in [0.717, 1.165) is 0 Å². The van der Waals surface area contributed by atoms with Gasteiger partial charge in [-0.1, -0.05) is 0 Å². The van der Waals surface area contributed by atoms with E-state index in [2.05, 4.69) is 0 Å². The van der Waals surface area contributed by atoms with E-state index in [9.17, 15) is 0 Å². The Hall–Kier alpha value is -0.250. The SMILES string of the molecule is O=S(=O)(O)O.OC1CCOCC1O. The van der Waals surface area contributed by atoms with Gasteiger partial charge in [-0.15, -0.1) is 0 Å². The molecule has 7 nitrogen and oxygen atoms in total. The molecule has 1 fully saturated rings. The first-order valence-corrected chi connectivity index (χ1v) is 4.84. The Kier molecular flexibility index (Phi) is 5.37. The van der Waals surface area contributed by atoms with E-state index >= 15 is 0 Å². The second-order valence-electron chi connectivity index (χ2n) is 2.45. The van der Waals surface area contributed by atoms with Crippen LogP contribution in [0, 0.1) is 0 Å². The van der Waals surface area contributed by atoms with Gasteiger partial charge >= 0.3 is 10.4 Å². The molecule has 1 aliphatic heterocycles. The van der Waals surface area contributed by atoms with Crippen molar-refractivity contribution in [1.29, 1.82) is 0 Å². The van der Waals surface area contributed by atoms with Gasteiger partial charge in [-0.25, -0.2) is 0 Å². The Balaban J connectivity index is 0.000000252. The lowest BCUT2D eigenvalue weighted by Gasteiger charge is -2.22. The first-order valence-electron chi connectivity index (χ1n) is 3.44. The maximum Gasteiger partial charge on any atom is 0.394 e. The zero-order valence-electron chi connectivity index (χ0n) is 6.70. The van der Waals surface area contributed by atoms with Crippen molar-refractivity contribution in [2.24, 2.45) is 0 Å². The van der Waals surface area contributed by atoms with E-state index in [-0.39, 0.29) is 6.61 Å². The molecule has 0 aromatic heterocycles. The summed E-state index contributed by atoms with van der Waals surface area (Å²) in [7, 11) is -4.67. The molecule has 0 aromatic rings. The normalized spacial score (nSPS) is 28.9. The maximum atomic E-state index is 8.85. The second kappa shape index (κ2) is 5.47. The summed E-state index contributed by atoms with van der Waals surface area (Å²) < 4.78 is 36.4. The first kappa shape index (κ1) is 12.8. The molecular weight excluding hydrogens is 204 g/mol. The van der Waals surface area contributed by atoms with Gasteiger partial charge in [-0.2, -0.15) is 8.42 Å². The molecule has 0 saturated carbocycles. The largest absolute Gasteiger partial charge is 0.394 e. The Bertz CT molecular complexity index is 205. The van der Waals surface area contributed by atoms with Crippen molar-refractivity contribution in [2.75, 3.05) is 13.2 Å². The summed E-state index contributed by atoms with van der Waals surface area (Å²) in [6.07, 6.45) is -0.672. The van der Waals surface area contributed by atoms with Crippen molar-refractivity contribution in [2.45, 2.75) is 18.6 Å². The molecule has 2 atom stereocenters. The van der Waals surface area contributed by atoms with Crippen LogP contribution in [0.1, 0.15) is 6.42 Å². The average molecular weight is 216 g/mol. The molecule has 4 N–H and O–H groups in total. The minimum atomic E-state index is -4.67. The maximum absolute atomic E-state index is 8.85. The van der Waals surface area contributed by atoms with Crippen LogP contribution in [-0.2, 0) is 15.1 Å². The lowest BCUT2D eigenvalue weighted by atomic mass is 10.1. The highest BCUT2D eigenvalue weighted by molar-refractivity contribution is 7.79. The summed E-state index contributed by atoms with van der Waals surface area (Å²) in [5.74, 6) is 0. The summed E-state index contributed by atoms with van der Waals surface area (Å²) >= 11 is 0. The average Bonchev–Trinajstić information content (AvgIpc) is 1.92. The topological polar surface area (TPSA) is 124 Å². The van der Waals surface area contributed by atoms with Crippen LogP contribution in [0.15, 0.2) is 0 Å². The molecule has 0 aromatic carbocycles. The molecule has 0 spiro atoms. The third kappa shape index (κ3) is 9.67. The zero-order chi connectivity index (χ0) is 10.5. The lowest BCUT2D eigenvalue weighted by molar-refractivity contribution is -0.0852. The standard InChI is InChI=1S/C5H10O3.H2O4S/c6-4-1-2-8-3-5(4)7;1-5(2,3)4/h4-7H,1-3H2;(H2,1,2,3,4). The van der Waals surface area contributed by atoms with Gasteiger partial charge in [0, 0.05) is 6.61 Å². The number of hydrogen-bond donors (Lipinski definition) is 4. The van der Waals surface area contributed by atoms with Crippen LogP contribution in [0.3, 0.4) is 0 Å². The highest BCUT2D eigenvalue weighted by Gasteiger charge is 2.20. The van der Waals surface area contributed by atoms with Crippen LogP contribution in [0.5, 0.6) is 0 Å². The van der Waals surface area contributed by atoms with Gasteiger partial charge in [0.25, 0.3) is 0 Å². The Morgan fingerprint density at radius 2 is 1.62 bits per heavy atom. The number of hydrogen-bond acceptors (Lipinski definition) is 5. The molecule has 1 saturated heterocycles. The Labute approximate surface area is 75.5 Å².